The van der Waals surface area contributed by atoms with E-state index in [9.17, 15) is 9.59 Å². The van der Waals surface area contributed by atoms with Crippen LogP contribution in [0.4, 0.5) is 5.69 Å². The molecular formula is C25H25NO5. The molecule has 4 rings (SSSR count). The summed E-state index contributed by atoms with van der Waals surface area (Å²) >= 11 is 0. The molecule has 1 aliphatic rings. The van der Waals surface area contributed by atoms with Gasteiger partial charge in [0.2, 0.25) is 5.91 Å². The van der Waals surface area contributed by atoms with Crippen molar-refractivity contribution in [1.29, 1.82) is 0 Å². The van der Waals surface area contributed by atoms with Crippen molar-refractivity contribution in [2.24, 2.45) is 0 Å². The van der Waals surface area contributed by atoms with E-state index in [0.717, 1.165) is 53.5 Å². The summed E-state index contributed by atoms with van der Waals surface area (Å²) in [7, 11) is 2.94. The van der Waals surface area contributed by atoms with Crippen LogP contribution >= 0.6 is 0 Å². The van der Waals surface area contributed by atoms with Crippen molar-refractivity contribution in [3.63, 3.8) is 0 Å². The highest BCUT2D eigenvalue weighted by molar-refractivity contribution is 6.05. The Morgan fingerprint density at radius 3 is 2.52 bits per heavy atom. The number of aryl methyl sites for hydroxylation is 2. The Balaban J connectivity index is 1.59. The van der Waals surface area contributed by atoms with E-state index in [-0.39, 0.29) is 5.91 Å². The number of allylic oxidation sites excluding steroid dienone is 1. The summed E-state index contributed by atoms with van der Waals surface area (Å²) < 4.78 is 16.3. The molecule has 2 aromatic carbocycles. The van der Waals surface area contributed by atoms with Gasteiger partial charge in [-0.15, -0.1) is 0 Å². The average Bonchev–Trinajstić information content (AvgIpc) is 3.15. The number of hydrogen-bond acceptors (Lipinski definition) is 5. The highest BCUT2D eigenvalue weighted by Crippen LogP contribution is 2.37. The maximum atomic E-state index is 12.6. The van der Waals surface area contributed by atoms with Gasteiger partial charge in [0, 0.05) is 40.8 Å². The number of ether oxygens (including phenoxy) is 2. The number of amides is 1. The Morgan fingerprint density at radius 1 is 1.06 bits per heavy atom. The lowest BCUT2D eigenvalue weighted by molar-refractivity contribution is -0.111. The third-order valence-corrected chi connectivity index (χ3v) is 5.62. The summed E-state index contributed by atoms with van der Waals surface area (Å²) in [6, 6.07) is 10.5. The van der Waals surface area contributed by atoms with Crippen LogP contribution in [0.15, 0.2) is 46.9 Å². The molecule has 160 valence electrons. The summed E-state index contributed by atoms with van der Waals surface area (Å²) in [5, 5.41) is 3.91. The highest BCUT2D eigenvalue weighted by Gasteiger charge is 2.20. The zero-order valence-electron chi connectivity index (χ0n) is 17.9. The molecule has 0 atom stereocenters. The Bertz CT molecular complexity index is 1170. The third kappa shape index (κ3) is 4.19. The van der Waals surface area contributed by atoms with E-state index in [1.807, 2.05) is 13.0 Å². The predicted molar refractivity (Wildman–Crippen MR) is 119 cm³/mol. The van der Waals surface area contributed by atoms with Crippen molar-refractivity contribution in [3.8, 4) is 5.75 Å². The maximum Gasteiger partial charge on any atom is 0.337 e. The van der Waals surface area contributed by atoms with Crippen molar-refractivity contribution < 1.29 is 23.5 Å². The van der Waals surface area contributed by atoms with Crippen LogP contribution < -0.4 is 10.1 Å². The normalized spacial score (nSPS) is 13.6. The molecule has 31 heavy (non-hydrogen) atoms. The summed E-state index contributed by atoms with van der Waals surface area (Å²) in [4.78, 5) is 24.1. The Kier molecular flexibility index (Phi) is 5.80. The van der Waals surface area contributed by atoms with Gasteiger partial charge in [-0.3, -0.25) is 4.79 Å². The van der Waals surface area contributed by atoms with Crippen LogP contribution in [0.25, 0.3) is 16.5 Å². The van der Waals surface area contributed by atoms with Gasteiger partial charge in [0.25, 0.3) is 0 Å². The van der Waals surface area contributed by atoms with E-state index in [0.29, 0.717) is 17.0 Å². The summed E-state index contributed by atoms with van der Waals surface area (Å²) in [6.07, 6.45) is 5.84. The van der Waals surface area contributed by atoms with Crippen LogP contribution in [0.2, 0.25) is 0 Å². The lowest BCUT2D eigenvalue weighted by Gasteiger charge is -2.11. The molecule has 0 bridgehead atoms. The minimum absolute atomic E-state index is 0.264. The van der Waals surface area contributed by atoms with E-state index in [2.05, 4.69) is 16.1 Å². The number of furan rings is 1. The predicted octanol–water partition coefficient (Wildman–Crippen LogP) is 5.15. The second-order valence-electron chi connectivity index (χ2n) is 7.65. The van der Waals surface area contributed by atoms with Gasteiger partial charge >= 0.3 is 5.97 Å². The fourth-order valence-corrected chi connectivity index (χ4v) is 4.03. The van der Waals surface area contributed by atoms with Crippen LogP contribution in [0.5, 0.6) is 5.75 Å². The first-order valence-corrected chi connectivity index (χ1v) is 10.3. The molecule has 0 fully saturated rings. The maximum absolute atomic E-state index is 12.6. The van der Waals surface area contributed by atoms with E-state index < -0.39 is 5.97 Å². The fourth-order valence-electron chi connectivity index (χ4n) is 4.03. The lowest BCUT2D eigenvalue weighted by Crippen LogP contribution is -2.09. The van der Waals surface area contributed by atoms with Crippen LogP contribution in [-0.2, 0) is 22.4 Å². The minimum Gasteiger partial charge on any atom is -0.496 e. The van der Waals surface area contributed by atoms with Crippen LogP contribution in [0, 0.1) is 0 Å². The summed E-state index contributed by atoms with van der Waals surface area (Å²) in [5.41, 5.74) is 4.76. The molecule has 0 spiro atoms. The Hall–Kier alpha value is -3.54. The first kappa shape index (κ1) is 20.7. The zero-order valence-corrected chi connectivity index (χ0v) is 17.9. The van der Waals surface area contributed by atoms with Crippen molar-refractivity contribution >= 4 is 34.1 Å². The highest BCUT2D eigenvalue weighted by atomic mass is 16.5. The first-order chi connectivity index (χ1) is 15.0. The first-order valence-electron chi connectivity index (χ1n) is 10.3. The molecule has 0 radical (unpaired) electrons. The van der Waals surface area contributed by atoms with Crippen LogP contribution in [0.1, 0.15) is 47.0 Å². The average molecular weight is 419 g/mol. The molecule has 0 saturated carbocycles. The van der Waals surface area contributed by atoms with Gasteiger partial charge in [-0.05, 0) is 62.1 Å². The molecule has 0 aliphatic heterocycles. The summed E-state index contributed by atoms with van der Waals surface area (Å²) in [5.74, 6) is 1.05. The number of carbonyl (C=O) groups is 2. The van der Waals surface area contributed by atoms with Gasteiger partial charge in [-0.1, -0.05) is 0 Å². The number of benzene rings is 2. The van der Waals surface area contributed by atoms with Crippen molar-refractivity contribution in [2.45, 2.75) is 32.6 Å². The van der Waals surface area contributed by atoms with Crippen LogP contribution in [-0.4, -0.2) is 26.1 Å². The largest absolute Gasteiger partial charge is 0.496 e. The van der Waals surface area contributed by atoms with E-state index in [4.69, 9.17) is 9.15 Å². The van der Waals surface area contributed by atoms with Gasteiger partial charge in [-0.2, -0.15) is 0 Å². The number of nitrogens with one attached hydrogen (secondary N) is 1. The van der Waals surface area contributed by atoms with Crippen molar-refractivity contribution in [3.05, 3.63) is 64.9 Å². The second kappa shape index (κ2) is 8.68. The molecule has 3 aromatic rings. The lowest BCUT2D eigenvalue weighted by atomic mass is 9.94. The van der Waals surface area contributed by atoms with Gasteiger partial charge < -0.3 is 19.2 Å². The SMILES string of the molecule is COC(=O)c1ccc(NC(=O)/C=C(\C)c2cc3c4c(oc3cc2OC)CCCC4)cc1. The number of methoxy groups -OCH3 is 2. The standard InChI is InChI=1S/C25H25NO5/c1-15(12-24(27)26-17-10-8-16(9-11-17)25(28)30-3)19-13-20-18-6-4-5-7-21(18)31-23(20)14-22(19)29-2/h8-14H,4-7H2,1-3H3,(H,26,27)/b15-12+. The molecule has 1 aromatic heterocycles. The molecular weight excluding hydrogens is 394 g/mol. The molecule has 6 nitrogen and oxygen atoms in total. The quantitative estimate of drug-likeness (QED) is 0.457. The molecule has 1 heterocycles. The van der Waals surface area contributed by atoms with Gasteiger partial charge in [0.15, 0.2) is 0 Å². The molecule has 6 heteroatoms. The zero-order chi connectivity index (χ0) is 22.0. The van der Waals surface area contributed by atoms with Crippen LogP contribution in [0.3, 0.4) is 0 Å². The molecule has 1 N–H and O–H groups in total. The number of hydrogen-bond donors (Lipinski definition) is 1. The number of esters is 1. The molecule has 0 saturated heterocycles. The molecule has 1 amide bonds. The number of fused-ring (bicyclic) bond motifs is 3. The number of anilines is 1. The minimum atomic E-state index is -0.419. The topological polar surface area (TPSA) is 77.8 Å². The van der Waals surface area contributed by atoms with E-state index >= 15 is 0 Å². The van der Waals surface area contributed by atoms with Crippen molar-refractivity contribution in [2.75, 3.05) is 19.5 Å². The smallest absolute Gasteiger partial charge is 0.337 e. The van der Waals surface area contributed by atoms with E-state index in [1.165, 1.54) is 12.7 Å². The number of carbonyl (C=O) groups excluding carboxylic acids is 2. The van der Waals surface area contributed by atoms with Gasteiger partial charge in [0.1, 0.15) is 17.1 Å². The monoisotopic (exact) mass is 419 g/mol. The number of rotatable bonds is 5. The van der Waals surface area contributed by atoms with E-state index in [1.54, 1.807) is 37.5 Å². The molecule has 1 aliphatic carbocycles. The Labute approximate surface area is 180 Å². The second-order valence-corrected chi connectivity index (χ2v) is 7.65. The van der Waals surface area contributed by atoms with Gasteiger partial charge in [0.05, 0.1) is 19.8 Å². The Morgan fingerprint density at radius 2 is 1.81 bits per heavy atom. The molecule has 0 unspecified atom stereocenters. The van der Waals surface area contributed by atoms with Gasteiger partial charge in [-0.25, -0.2) is 4.79 Å². The third-order valence-electron chi connectivity index (χ3n) is 5.62. The van der Waals surface area contributed by atoms with Crippen molar-refractivity contribution in [1.82, 2.24) is 0 Å². The summed E-state index contributed by atoms with van der Waals surface area (Å²) in [6.45, 7) is 1.89. The fraction of sp³-hybridized carbons (Fsp3) is 0.280.